The predicted molar refractivity (Wildman–Crippen MR) is 81.1 cm³/mol. The van der Waals surface area contributed by atoms with Crippen LogP contribution in [0.3, 0.4) is 0 Å². The Labute approximate surface area is 124 Å². The zero-order valence-corrected chi connectivity index (χ0v) is 13.0. The Balaban J connectivity index is 2.65. The molecule has 0 unspecified atom stereocenters. The number of sulfonamides is 1. The molecule has 1 aromatic rings. The van der Waals surface area contributed by atoms with E-state index in [2.05, 4.69) is 25.4 Å². The Kier molecular flexibility index (Phi) is 7.29. The minimum atomic E-state index is -3.26. The molecule has 0 fully saturated rings. The smallest absolute Gasteiger partial charge is 0.213 e. The van der Waals surface area contributed by atoms with Crippen molar-refractivity contribution in [3.05, 3.63) is 11.9 Å². The van der Waals surface area contributed by atoms with Crippen molar-refractivity contribution in [3.8, 4) is 0 Å². The van der Waals surface area contributed by atoms with Gasteiger partial charge in [0.2, 0.25) is 10.0 Å². The number of nitrogens with one attached hydrogen (secondary N) is 3. The molecule has 0 aliphatic rings. The van der Waals surface area contributed by atoms with Gasteiger partial charge in [-0.1, -0.05) is 6.92 Å². The molecule has 0 saturated carbocycles. The molecule has 1 rings (SSSR count). The summed E-state index contributed by atoms with van der Waals surface area (Å²) in [6.45, 7) is 5.01. The molecule has 0 saturated heterocycles. The third-order valence-corrected chi connectivity index (χ3v) is 3.87. The van der Waals surface area contributed by atoms with Crippen molar-refractivity contribution in [2.45, 2.75) is 20.5 Å². The molecule has 120 valence electrons. The van der Waals surface area contributed by atoms with Gasteiger partial charge in [-0.05, 0) is 6.92 Å². The van der Waals surface area contributed by atoms with Crippen LogP contribution in [0.2, 0.25) is 0 Å². The number of hydrazine groups is 1. The van der Waals surface area contributed by atoms with Crippen LogP contribution in [0.25, 0.3) is 0 Å². The first-order chi connectivity index (χ1) is 10.0. The van der Waals surface area contributed by atoms with E-state index in [-0.39, 0.29) is 18.9 Å². The van der Waals surface area contributed by atoms with E-state index < -0.39 is 10.0 Å². The van der Waals surface area contributed by atoms with E-state index >= 15 is 0 Å². The van der Waals surface area contributed by atoms with Crippen LogP contribution in [0.5, 0.6) is 0 Å². The lowest BCUT2D eigenvalue weighted by atomic mass is 10.5. The number of hydrogen-bond donors (Lipinski definition) is 4. The summed E-state index contributed by atoms with van der Waals surface area (Å²) in [7, 11) is -3.26. The van der Waals surface area contributed by atoms with E-state index in [0.29, 0.717) is 30.6 Å². The van der Waals surface area contributed by atoms with Crippen LogP contribution in [0, 0.1) is 0 Å². The molecule has 9 nitrogen and oxygen atoms in total. The second kappa shape index (κ2) is 8.72. The zero-order chi connectivity index (χ0) is 15.7. The number of aromatic nitrogens is 2. The van der Waals surface area contributed by atoms with Gasteiger partial charge < -0.3 is 15.5 Å². The van der Waals surface area contributed by atoms with Gasteiger partial charge in [0.1, 0.15) is 18.2 Å². The summed E-state index contributed by atoms with van der Waals surface area (Å²) in [6.07, 6.45) is 0. The summed E-state index contributed by atoms with van der Waals surface area (Å²) in [4.78, 5) is 8.36. The number of anilines is 2. The van der Waals surface area contributed by atoms with E-state index in [1.807, 2.05) is 6.92 Å². The van der Waals surface area contributed by atoms with E-state index in [0.717, 1.165) is 0 Å². The molecule has 1 aromatic heterocycles. The summed E-state index contributed by atoms with van der Waals surface area (Å²) >= 11 is 0. The van der Waals surface area contributed by atoms with Gasteiger partial charge in [-0.25, -0.2) is 29.0 Å². The number of rotatable bonds is 10. The third-order valence-electron chi connectivity index (χ3n) is 2.40. The first-order valence-electron chi connectivity index (χ1n) is 6.64. The molecule has 0 amide bonds. The Morgan fingerprint density at radius 2 is 2.00 bits per heavy atom. The molecular formula is C11H22N6O3S. The second-order valence-electron chi connectivity index (χ2n) is 4.08. The van der Waals surface area contributed by atoms with Crippen molar-refractivity contribution in [1.29, 1.82) is 0 Å². The van der Waals surface area contributed by atoms with Gasteiger partial charge in [-0.3, -0.25) is 0 Å². The van der Waals surface area contributed by atoms with Crippen molar-refractivity contribution in [1.82, 2.24) is 14.7 Å². The maximum atomic E-state index is 11.5. The molecule has 0 aromatic carbocycles. The quantitative estimate of drug-likeness (QED) is 0.340. The van der Waals surface area contributed by atoms with Gasteiger partial charge in [-0.2, -0.15) is 0 Å². The van der Waals surface area contributed by atoms with Gasteiger partial charge in [0.25, 0.3) is 0 Å². The molecule has 1 heterocycles. The monoisotopic (exact) mass is 318 g/mol. The Bertz CT molecular complexity index is 537. The van der Waals surface area contributed by atoms with Crippen LogP contribution < -0.4 is 21.3 Å². The molecule has 0 aliphatic heterocycles. The lowest BCUT2D eigenvalue weighted by Gasteiger charge is -2.10. The number of nitrogens with zero attached hydrogens (tertiary/aromatic N) is 2. The van der Waals surface area contributed by atoms with Gasteiger partial charge in [-0.15, -0.1) is 0 Å². The molecule has 5 N–H and O–H groups in total. The van der Waals surface area contributed by atoms with Crippen molar-refractivity contribution >= 4 is 21.7 Å². The number of hydrogen-bond acceptors (Lipinski definition) is 8. The van der Waals surface area contributed by atoms with Crippen LogP contribution >= 0.6 is 0 Å². The van der Waals surface area contributed by atoms with Gasteiger partial charge >= 0.3 is 0 Å². The van der Waals surface area contributed by atoms with Gasteiger partial charge in [0.15, 0.2) is 5.82 Å². The van der Waals surface area contributed by atoms with Crippen molar-refractivity contribution in [2.75, 3.05) is 36.2 Å². The molecular weight excluding hydrogens is 296 g/mol. The maximum absolute atomic E-state index is 11.5. The predicted octanol–water partition coefficient (Wildman–Crippen LogP) is -0.350. The number of ether oxygens (including phenoxy) is 1. The summed E-state index contributed by atoms with van der Waals surface area (Å²) in [5.74, 6) is 6.67. The van der Waals surface area contributed by atoms with E-state index in [9.17, 15) is 8.42 Å². The lowest BCUT2D eigenvalue weighted by Crippen LogP contribution is -2.29. The molecule has 0 aliphatic carbocycles. The molecule has 10 heteroatoms. The van der Waals surface area contributed by atoms with Gasteiger partial charge in [0, 0.05) is 25.8 Å². The van der Waals surface area contributed by atoms with Gasteiger partial charge in [0.05, 0.1) is 5.75 Å². The van der Waals surface area contributed by atoms with Crippen molar-refractivity contribution in [3.63, 3.8) is 0 Å². The largest absolute Gasteiger partial charge is 0.374 e. The summed E-state index contributed by atoms with van der Waals surface area (Å²) in [6, 6.07) is 1.59. The number of nitrogen functional groups attached to an aromatic ring is 1. The summed E-state index contributed by atoms with van der Waals surface area (Å²) in [5.41, 5.74) is 2.43. The van der Waals surface area contributed by atoms with Crippen molar-refractivity contribution in [2.24, 2.45) is 5.84 Å². The van der Waals surface area contributed by atoms with E-state index in [1.165, 1.54) is 0 Å². The average molecular weight is 318 g/mol. The van der Waals surface area contributed by atoms with Crippen LogP contribution in [-0.4, -0.2) is 43.8 Å². The second-order valence-corrected chi connectivity index (χ2v) is 6.01. The van der Waals surface area contributed by atoms with Crippen LogP contribution in [0.15, 0.2) is 6.07 Å². The molecule has 0 atom stereocenters. The lowest BCUT2D eigenvalue weighted by molar-refractivity contribution is 0.128. The minimum absolute atomic E-state index is 0.0446. The highest BCUT2D eigenvalue weighted by Crippen LogP contribution is 2.11. The third kappa shape index (κ3) is 6.67. The zero-order valence-electron chi connectivity index (χ0n) is 12.2. The fraction of sp³-hybridized carbons (Fsp3) is 0.636. The maximum Gasteiger partial charge on any atom is 0.213 e. The van der Waals surface area contributed by atoms with E-state index in [1.54, 1.807) is 13.0 Å². The van der Waals surface area contributed by atoms with Crippen molar-refractivity contribution < 1.29 is 13.2 Å². The first kappa shape index (κ1) is 17.6. The topological polar surface area (TPSA) is 131 Å². The highest BCUT2D eigenvalue weighted by molar-refractivity contribution is 7.89. The fourth-order valence-electron chi connectivity index (χ4n) is 1.53. The Morgan fingerprint density at radius 1 is 1.29 bits per heavy atom. The molecule has 21 heavy (non-hydrogen) atoms. The first-order valence-corrected chi connectivity index (χ1v) is 8.29. The van der Waals surface area contributed by atoms with Crippen LogP contribution in [-0.2, 0) is 21.4 Å². The fourth-order valence-corrected chi connectivity index (χ4v) is 2.48. The van der Waals surface area contributed by atoms with Crippen LogP contribution in [0.1, 0.15) is 19.7 Å². The molecule has 0 bridgehead atoms. The number of nitrogens with two attached hydrogens (primary N) is 1. The standard InChI is InChI=1S/C11H22N6O3S/c1-3-14-21(18,19)6-5-13-9-7-10(17-12)16-11(15-9)8-20-4-2/h7,14H,3-6,8,12H2,1-2H3,(H2,13,15,16,17). The summed E-state index contributed by atoms with van der Waals surface area (Å²) in [5, 5.41) is 2.93. The normalized spacial score (nSPS) is 11.4. The highest BCUT2D eigenvalue weighted by Gasteiger charge is 2.09. The minimum Gasteiger partial charge on any atom is -0.374 e. The molecule has 0 spiro atoms. The Morgan fingerprint density at radius 3 is 2.62 bits per heavy atom. The summed E-state index contributed by atoms with van der Waals surface area (Å²) < 4.78 is 30.7. The Hall–Kier alpha value is -1.49. The van der Waals surface area contributed by atoms with Crippen LogP contribution in [0.4, 0.5) is 11.6 Å². The molecule has 0 radical (unpaired) electrons. The van der Waals surface area contributed by atoms with E-state index in [4.69, 9.17) is 10.6 Å². The average Bonchev–Trinajstić information content (AvgIpc) is 2.44. The highest BCUT2D eigenvalue weighted by atomic mass is 32.2. The SMILES string of the molecule is CCNS(=O)(=O)CCNc1cc(NN)nc(COCC)n1.